The first-order valence-electron chi connectivity index (χ1n) is 5.75. The lowest BCUT2D eigenvalue weighted by Crippen LogP contribution is -2.11. The van der Waals surface area contributed by atoms with Gasteiger partial charge in [-0.1, -0.05) is 5.16 Å². The number of benzene rings is 1. The van der Waals surface area contributed by atoms with Gasteiger partial charge in [0.15, 0.2) is 0 Å². The summed E-state index contributed by atoms with van der Waals surface area (Å²) in [5.41, 5.74) is -1.28. The minimum Gasteiger partial charge on any atom is -0.423 e. The van der Waals surface area contributed by atoms with Crippen LogP contribution in [0.2, 0.25) is 0 Å². The van der Waals surface area contributed by atoms with E-state index < -0.39 is 17.4 Å². The Balaban J connectivity index is 2.12. The number of anilines is 2. The first-order chi connectivity index (χ1) is 9.93. The van der Waals surface area contributed by atoms with E-state index in [2.05, 4.69) is 15.0 Å². The molecule has 21 heavy (non-hydrogen) atoms. The molecular formula is C13H7F3N2O3. The van der Waals surface area contributed by atoms with Crippen LogP contribution in [0.5, 0.6) is 0 Å². The van der Waals surface area contributed by atoms with Gasteiger partial charge in [0.2, 0.25) is 0 Å². The molecule has 8 heteroatoms. The number of alkyl halides is 3. The highest BCUT2D eigenvalue weighted by Crippen LogP contribution is 2.34. The highest BCUT2D eigenvalue weighted by atomic mass is 19.4. The molecule has 5 nitrogen and oxygen atoms in total. The van der Waals surface area contributed by atoms with E-state index in [9.17, 15) is 18.0 Å². The van der Waals surface area contributed by atoms with Gasteiger partial charge in [-0.05, 0) is 12.1 Å². The van der Waals surface area contributed by atoms with E-state index in [1.807, 2.05) is 0 Å². The van der Waals surface area contributed by atoms with Gasteiger partial charge in [0.25, 0.3) is 0 Å². The van der Waals surface area contributed by atoms with Crippen LogP contribution in [0.3, 0.4) is 0 Å². The van der Waals surface area contributed by atoms with E-state index >= 15 is 0 Å². The molecule has 0 fully saturated rings. The van der Waals surface area contributed by atoms with Crippen LogP contribution in [-0.4, -0.2) is 5.16 Å². The molecule has 0 saturated carbocycles. The number of halogens is 3. The van der Waals surface area contributed by atoms with Gasteiger partial charge in [0, 0.05) is 23.2 Å². The van der Waals surface area contributed by atoms with Crippen molar-refractivity contribution >= 4 is 22.3 Å². The lowest BCUT2D eigenvalue weighted by Gasteiger charge is -2.10. The van der Waals surface area contributed by atoms with Crippen LogP contribution >= 0.6 is 0 Å². The molecule has 1 N–H and O–H groups in total. The fourth-order valence-electron chi connectivity index (χ4n) is 1.91. The third-order valence-corrected chi connectivity index (χ3v) is 2.77. The van der Waals surface area contributed by atoms with Crippen molar-refractivity contribution in [2.75, 3.05) is 5.32 Å². The van der Waals surface area contributed by atoms with Gasteiger partial charge in [-0.3, -0.25) is 0 Å². The number of rotatable bonds is 2. The molecule has 108 valence electrons. The van der Waals surface area contributed by atoms with E-state index in [0.29, 0.717) is 17.4 Å². The number of hydrogen-bond donors (Lipinski definition) is 1. The van der Waals surface area contributed by atoms with Gasteiger partial charge < -0.3 is 14.3 Å². The Bertz CT molecular complexity index is 838. The summed E-state index contributed by atoms with van der Waals surface area (Å²) in [6.07, 6.45) is -1.91. The molecule has 0 radical (unpaired) electrons. The van der Waals surface area contributed by atoms with Gasteiger partial charge in [-0.2, -0.15) is 13.2 Å². The molecule has 3 aromatic rings. The number of hydrogen-bond acceptors (Lipinski definition) is 5. The van der Waals surface area contributed by atoms with Gasteiger partial charge in [0.05, 0.1) is 17.4 Å². The van der Waals surface area contributed by atoms with E-state index in [-0.39, 0.29) is 11.0 Å². The summed E-state index contributed by atoms with van der Waals surface area (Å²) in [5.74, 6) is 0. The summed E-state index contributed by atoms with van der Waals surface area (Å²) < 4.78 is 48.1. The van der Waals surface area contributed by atoms with E-state index in [1.165, 1.54) is 30.7 Å². The van der Waals surface area contributed by atoms with Crippen LogP contribution in [0, 0.1) is 0 Å². The molecular weight excluding hydrogens is 289 g/mol. The molecule has 0 amide bonds. The molecule has 0 unspecified atom stereocenters. The molecule has 1 aromatic carbocycles. The Morgan fingerprint density at radius 2 is 1.95 bits per heavy atom. The minimum atomic E-state index is -4.63. The molecule has 2 aromatic heterocycles. The van der Waals surface area contributed by atoms with Crippen molar-refractivity contribution in [2.45, 2.75) is 6.18 Å². The third kappa shape index (κ3) is 2.60. The highest BCUT2D eigenvalue weighted by molar-refractivity contribution is 5.84. The Hall–Kier alpha value is -2.77. The topological polar surface area (TPSA) is 68.3 Å². The smallest absolute Gasteiger partial charge is 0.417 e. The Labute approximate surface area is 115 Å². The van der Waals surface area contributed by atoms with Crippen LogP contribution in [0.4, 0.5) is 24.5 Å². The van der Waals surface area contributed by atoms with E-state index in [1.54, 1.807) is 0 Å². The summed E-state index contributed by atoms with van der Waals surface area (Å²) in [6, 6.07) is 4.41. The van der Waals surface area contributed by atoms with Crippen LogP contribution in [-0.2, 0) is 6.18 Å². The molecule has 0 atom stereocenters. The van der Waals surface area contributed by atoms with Crippen LogP contribution in [0.15, 0.2) is 50.5 Å². The van der Waals surface area contributed by atoms with E-state index in [4.69, 9.17) is 4.42 Å². The maximum Gasteiger partial charge on any atom is 0.417 e. The summed E-state index contributed by atoms with van der Waals surface area (Å²) in [5, 5.41) is 6.15. The quantitative estimate of drug-likeness (QED) is 0.732. The monoisotopic (exact) mass is 296 g/mol. The largest absolute Gasteiger partial charge is 0.423 e. The number of aromatic nitrogens is 1. The van der Waals surface area contributed by atoms with Crippen molar-refractivity contribution in [3.8, 4) is 0 Å². The highest BCUT2D eigenvalue weighted by Gasteiger charge is 2.33. The number of nitrogens with zero attached hydrogens (tertiary/aromatic N) is 1. The number of nitrogens with one attached hydrogen (secondary N) is 1. The molecule has 0 aliphatic heterocycles. The molecule has 3 rings (SSSR count). The zero-order chi connectivity index (χ0) is 15.0. The minimum absolute atomic E-state index is 0.156. The maximum atomic E-state index is 12.9. The fraction of sp³-hybridized carbons (Fsp3) is 0.0769. The summed E-state index contributed by atoms with van der Waals surface area (Å²) in [7, 11) is 0. The van der Waals surface area contributed by atoms with Crippen molar-refractivity contribution in [1.82, 2.24) is 5.16 Å². The Kier molecular flexibility index (Phi) is 2.93. The lowest BCUT2D eigenvalue weighted by molar-refractivity contribution is -0.136. The van der Waals surface area contributed by atoms with Gasteiger partial charge >= 0.3 is 11.8 Å². The fourth-order valence-corrected chi connectivity index (χ4v) is 1.91. The zero-order valence-corrected chi connectivity index (χ0v) is 10.3. The zero-order valence-electron chi connectivity index (χ0n) is 10.3. The number of fused-ring (bicyclic) bond motifs is 1. The molecule has 0 spiro atoms. The Morgan fingerprint density at radius 1 is 1.14 bits per heavy atom. The third-order valence-electron chi connectivity index (χ3n) is 2.77. The summed E-state index contributed by atoms with van der Waals surface area (Å²) >= 11 is 0. The molecule has 0 aliphatic carbocycles. The average molecular weight is 296 g/mol. The van der Waals surface area contributed by atoms with Gasteiger partial charge in [0.1, 0.15) is 11.8 Å². The predicted molar refractivity (Wildman–Crippen MR) is 67.3 cm³/mol. The maximum absolute atomic E-state index is 12.9. The Morgan fingerprint density at radius 3 is 2.62 bits per heavy atom. The molecule has 0 bridgehead atoms. The SMILES string of the molecule is O=c1cc(C(F)(F)F)c2ccc(Nc3cnoc3)cc2o1. The second kappa shape index (κ2) is 4.65. The van der Waals surface area contributed by atoms with Crippen molar-refractivity contribution in [1.29, 1.82) is 0 Å². The van der Waals surface area contributed by atoms with Crippen LogP contribution < -0.4 is 10.9 Å². The van der Waals surface area contributed by atoms with Crippen molar-refractivity contribution in [2.24, 2.45) is 0 Å². The van der Waals surface area contributed by atoms with E-state index in [0.717, 1.165) is 0 Å². The van der Waals surface area contributed by atoms with Gasteiger partial charge in [-0.15, -0.1) is 0 Å². The molecule has 0 aliphatic rings. The normalized spacial score (nSPS) is 11.8. The van der Waals surface area contributed by atoms with Crippen molar-refractivity contribution in [3.63, 3.8) is 0 Å². The molecule has 2 heterocycles. The predicted octanol–water partition coefficient (Wildman–Crippen LogP) is 3.54. The standard InChI is InChI=1S/C13H7F3N2O3/c14-13(15,16)10-4-12(19)21-11-3-7(1-2-9(10)11)18-8-5-17-20-6-8/h1-6,18H. The average Bonchev–Trinajstić information content (AvgIpc) is 2.89. The van der Waals surface area contributed by atoms with Crippen LogP contribution in [0.1, 0.15) is 5.56 Å². The second-order valence-corrected chi connectivity index (χ2v) is 4.23. The second-order valence-electron chi connectivity index (χ2n) is 4.23. The first kappa shape index (κ1) is 13.2. The van der Waals surface area contributed by atoms with Crippen molar-refractivity contribution in [3.05, 3.63) is 52.7 Å². The van der Waals surface area contributed by atoms with Crippen LogP contribution in [0.25, 0.3) is 11.0 Å². The first-order valence-corrected chi connectivity index (χ1v) is 5.75. The summed E-state index contributed by atoms with van der Waals surface area (Å²) in [6.45, 7) is 0. The summed E-state index contributed by atoms with van der Waals surface area (Å²) in [4.78, 5) is 11.3. The molecule has 0 saturated heterocycles. The van der Waals surface area contributed by atoms with Gasteiger partial charge in [-0.25, -0.2) is 4.79 Å². The lowest BCUT2D eigenvalue weighted by atomic mass is 10.1. The van der Waals surface area contributed by atoms with Crippen molar-refractivity contribution < 1.29 is 22.1 Å².